The fourth-order valence-electron chi connectivity index (χ4n) is 3.10. The lowest BCUT2D eigenvalue weighted by atomic mass is 10.1. The summed E-state index contributed by atoms with van der Waals surface area (Å²) in [6, 6.07) is 6.46. The molecule has 0 amide bonds. The summed E-state index contributed by atoms with van der Waals surface area (Å²) in [6.07, 6.45) is 0.523. The molecule has 1 heterocycles. The molecule has 1 fully saturated rings. The number of nitrogens with one attached hydrogen (secondary N) is 3. The van der Waals surface area contributed by atoms with E-state index >= 15 is 0 Å². The average Bonchev–Trinajstić information content (AvgIpc) is 2.67. The lowest BCUT2D eigenvalue weighted by molar-refractivity contribution is -0.384. The van der Waals surface area contributed by atoms with Crippen LogP contribution in [0, 0.1) is 10.1 Å². The van der Waals surface area contributed by atoms with Gasteiger partial charge in [-0.25, -0.2) is 0 Å². The summed E-state index contributed by atoms with van der Waals surface area (Å²) in [5, 5.41) is 21.1. The van der Waals surface area contributed by atoms with Crippen molar-refractivity contribution in [2.45, 2.75) is 19.1 Å². The highest BCUT2D eigenvalue weighted by Gasteiger charge is 2.38. The van der Waals surface area contributed by atoms with Crippen molar-refractivity contribution < 1.29 is 14.0 Å². The lowest BCUT2D eigenvalue weighted by Gasteiger charge is -2.25. The number of nitrogens with zero attached hydrogens (tertiary/aromatic N) is 2. The zero-order chi connectivity index (χ0) is 20.2. The van der Waals surface area contributed by atoms with Crippen LogP contribution in [0.3, 0.4) is 0 Å². The maximum Gasteiger partial charge on any atom is 0.527 e. The largest absolute Gasteiger partial charge is 0.527 e. The summed E-state index contributed by atoms with van der Waals surface area (Å²) in [6.45, 7) is 8.95. The highest BCUT2D eigenvalue weighted by molar-refractivity contribution is 7.39. The number of rotatable bonds is 7. The SMILES string of the molecule is CCO[P+](=O)C(Cc1ccc([N+](=O)[O-])cc1)N1CCNCCNCCNCC1. The van der Waals surface area contributed by atoms with Crippen LogP contribution in [0.2, 0.25) is 0 Å². The summed E-state index contributed by atoms with van der Waals surface area (Å²) in [7, 11) is -1.88. The molecule has 9 nitrogen and oxygen atoms in total. The zero-order valence-electron chi connectivity index (χ0n) is 16.4. The molecule has 1 saturated heterocycles. The van der Waals surface area contributed by atoms with Gasteiger partial charge in [-0.2, -0.15) is 0 Å². The minimum atomic E-state index is -1.88. The smallest absolute Gasteiger partial charge is 0.314 e. The molecular weight excluding hydrogens is 381 g/mol. The molecule has 2 unspecified atom stereocenters. The molecule has 0 bridgehead atoms. The van der Waals surface area contributed by atoms with Crippen LogP contribution in [-0.4, -0.2) is 74.6 Å². The molecule has 1 aliphatic rings. The number of hydrogen-bond acceptors (Lipinski definition) is 8. The molecule has 1 aromatic rings. The van der Waals surface area contributed by atoms with Crippen LogP contribution in [0.1, 0.15) is 12.5 Å². The number of hydrogen-bond donors (Lipinski definition) is 3. The van der Waals surface area contributed by atoms with Crippen LogP contribution in [-0.2, 0) is 15.5 Å². The van der Waals surface area contributed by atoms with Gasteiger partial charge in [-0.3, -0.25) is 15.0 Å². The molecule has 10 heteroatoms. The predicted molar refractivity (Wildman–Crippen MR) is 110 cm³/mol. The zero-order valence-corrected chi connectivity index (χ0v) is 17.3. The Morgan fingerprint density at radius 2 is 1.61 bits per heavy atom. The first kappa shape index (κ1) is 22.8. The molecule has 3 N–H and O–H groups in total. The van der Waals surface area contributed by atoms with Crippen LogP contribution in [0.5, 0.6) is 0 Å². The third-order valence-electron chi connectivity index (χ3n) is 4.60. The van der Waals surface area contributed by atoms with E-state index in [0.29, 0.717) is 13.0 Å². The summed E-state index contributed by atoms with van der Waals surface area (Å²) >= 11 is 0. The average molecular weight is 412 g/mol. The van der Waals surface area contributed by atoms with Gasteiger partial charge in [0.2, 0.25) is 5.78 Å². The Hall–Kier alpha value is -1.48. The molecular formula is C18H31N5O4P+. The van der Waals surface area contributed by atoms with Crippen LogP contribution in [0.25, 0.3) is 0 Å². The standard InChI is InChI=1S/C18H31N5O4P/c1-2-27-28(26)18(15-16-3-5-17(6-4-16)23(24)25)22-13-11-20-9-7-19-8-10-21-12-14-22/h3-6,18-21H,2,7-15H2,1H3/q+1. The van der Waals surface area contributed by atoms with Crippen molar-refractivity contribution in [3.63, 3.8) is 0 Å². The highest BCUT2D eigenvalue weighted by atomic mass is 31.1. The van der Waals surface area contributed by atoms with Gasteiger partial charge in [0.15, 0.2) is 0 Å². The molecule has 0 saturated carbocycles. The molecule has 2 atom stereocenters. The third-order valence-corrected chi connectivity index (χ3v) is 6.10. The Morgan fingerprint density at radius 3 is 2.11 bits per heavy atom. The minimum absolute atomic E-state index is 0.0582. The van der Waals surface area contributed by atoms with Crippen molar-refractivity contribution in [2.75, 3.05) is 59.0 Å². The number of non-ortho nitro benzene ring substituents is 1. The molecule has 0 aliphatic carbocycles. The normalized spacial score (nSPS) is 19.2. The van der Waals surface area contributed by atoms with Gasteiger partial charge in [-0.15, -0.1) is 4.52 Å². The Kier molecular flexibility index (Phi) is 10.5. The quantitative estimate of drug-likeness (QED) is 0.350. The van der Waals surface area contributed by atoms with Gasteiger partial charge in [0.25, 0.3) is 5.69 Å². The monoisotopic (exact) mass is 412 g/mol. The number of nitro benzene ring substituents is 1. The molecule has 0 aromatic heterocycles. The van der Waals surface area contributed by atoms with Crippen molar-refractivity contribution in [2.24, 2.45) is 0 Å². The Bertz CT molecular complexity index is 604. The van der Waals surface area contributed by atoms with Gasteiger partial charge < -0.3 is 16.0 Å². The predicted octanol–water partition coefficient (Wildman–Crippen LogP) is 1.33. The molecule has 0 radical (unpaired) electrons. The topological polar surface area (TPSA) is 109 Å². The van der Waals surface area contributed by atoms with Gasteiger partial charge in [0.1, 0.15) is 0 Å². The van der Waals surface area contributed by atoms with Gasteiger partial charge in [0, 0.05) is 70.9 Å². The van der Waals surface area contributed by atoms with Crippen molar-refractivity contribution in [1.82, 2.24) is 20.9 Å². The second kappa shape index (κ2) is 12.9. The second-order valence-corrected chi connectivity index (χ2v) is 8.02. The molecule has 0 spiro atoms. The number of nitro groups is 1. The van der Waals surface area contributed by atoms with Crippen molar-refractivity contribution in [1.29, 1.82) is 0 Å². The Balaban J connectivity index is 2.11. The summed E-state index contributed by atoms with van der Waals surface area (Å²) in [5.41, 5.74) is 0.970. The summed E-state index contributed by atoms with van der Waals surface area (Å²) in [4.78, 5) is 12.7. The lowest BCUT2D eigenvalue weighted by Crippen LogP contribution is -2.45. The molecule has 156 valence electrons. The molecule has 28 heavy (non-hydrogen) atoms. The fourth-order valence-corrected chi connectivity index (χ4v) is 4.38. The van der Waals surface area contributed by atoms with E-state index in [1.807, 2.05) is 6.92 Å². The Morgan fingerprint density at radius 1 is 1.07 bits per heavy atom. The fraction of sp³-hybridized carbons (Fsp3) is 0.667. The van der Waals surface area contributed by atoms with Crippen LogP contribution in [0.4, 0.5) is 5.69 Å². The first-order valence-electron chi connectivity index (χ1n) is 9.80. The van der Waals surface area contributed by atoms with E-state index in [2.05, 4.69) is 20.9 Å². The first-order valence-corrected chi connectivity index (χ1v) is 11.0. The van der Waals surface area contributed by atoms with E-state index in [4.69, 9.17) is 4.52 Å². The van der Waals surface area contributed by atoms with E-state index in [9.17, 15) is 14.7 Å². The highest BCUT2D eigenvalue weighted by Crippen LogP contribution is 2.34. The van der Waals surface area contributed by atoms with Crippen molar-refractivity contribution >= 4 is 13.7 Å². The van der Waals surface area contributed by atoms with E-state index in [0.717, 1.165) is 57.9 Å². The van der Waals surface area contributed by atoms with E-state index in [1.165, 1.54) is 12.1 Å². The number of benzene rings is 1. The maximum absolute atomic E-state index is 12.8. The second-order valence-electron chi connectivity index (χ2n) is 6.60. The van der Waals surface area contributed by atoms with Gasteiger partial charge in [-0.05, 0) is 17.1 Å². The molecule has 2 rings (SSSR count). The first-order chi connectivity index (χ1) is 13.6. The molecule has 1 aliphatic heterocycles. The van der Waals surface area contributed by atoms with Crippen LogP contribution >= 0.6 is 8.03 Å². The van der Waals surface area contributed by atoms with E-state index < -0.39 is 13.0 Å². The summed E-state index contributed by atoms with van der Waals surface area (Å²) < 4.78 is 18.3. The van der Waals surface area contributed by atoms with Crippen molar-refractivity contribution in [3.8, 4) is 0 Å². The third kappa shape index (κ3) is 7.87. The van der Waals surface area contributed by atoms with Crippen molar-refractivity contribution in [3.05, 3.63) is 39.9 Å². The minimum Gasteiger partial charge on any atom is -0.314 e. The van der Waals surface area contributed by atoms with E-state index in [-0.39, 0.29) is 11.5 Å². The van der Waals surface area contributed by atoms with Crippen LogP contribution < -0.4 is 16.0 Å². The van der Waals surface area contributed by atoms with Crippen LogP contribution in [0.15, 0.2) is 24.3 Å². The Labute approximate surface area is 167 Å². The van der Waals surface area contributed by atoms with Gasteiger partial charge >= 0.3 is 8.03 Å². The van der Waals surface area contributed by atoms with Gasteiger partial charge in [0.05, 0.1) is 11.5 Å². The maximum atomic E-state index is 12.8. The van der Waals surface area contributed by atoms with Gasteiger partial charge in [-0.1, -0.05) is 12.1 Å². The van der Waals surface area contributed by atoms with E-state index in [1.54, 1.807) is 12.1 Å². The summed E-state index contributed by atoms with van der Waals surface area (Å²) in [5.74, 6) is -0.277. The molecule has 1 aromatic carbocycles.